The van der Waals surface area contributed by atoms with Gasteiger partial charge in [-0.3, -0.25) is 5.32 Å². The molecule has 0 aromatic heterocycles. The summed E-state index contributed by atoms with van der Waals surface area (Å²) in [4.78, 5) is 17.8. The molecule has 2 rings (SSSR count). The molecule has 8 nitrogen and oxygen atoms in total. The lowest BCUT2D eigenvalue weighted by atomic mass is 10.2. The van der Waals surface area contributed by atoms with Crippen molar-refractivity contribution in [1.29, 1.82) is 0 Å². The number of rotatable bonds is 4. The zero-order valence-corrected chi connectivity index (χ0v) is 14.2. The monoisotopic (exact) mass is 381 g/mol. The number of carbonyl (C=O) groups is 1. The highest BCUT2D eigenvalue weighted by Gasteiger charge is 2.10. The van der Waals surface area contributed by atoms with E-state index in [1.54, 1.807) is 5.32 Å². The van der Waals surface area contributed by atoms with Crippen molar-refractivity contribution in [2.45, 2.75) is 6.61 Å². The molecule has 1 amide bonds. The van der Waals surface area contributed by atoms with Crippen molar-refractivity contribution in [2.24, 2.45) is 21.5 Å². The van der Waals surface area contributed by atoms with Crippen molar-refractivity contribution >= 4 is 36.1 Å². The van der Waals surface area contributed by atoms with Gasteiger partial charge in [0.05, 0.1) is 0 Å². The highest BCUT2D eigenvalue weighted by atomic mass is 35.5. The summed E-state index contributed by atoms with van der Waals surface area (Å²) in [6, 6.07) is 13.5. The van der Waals surface area contributed by atoms with Gasteiger partial charge in [-0.2, -0.15) is 4.99 Å². The summed E-state index contributed by atoms with van der Waals surface area (Å²) in [6.45, 7) is 0.207. The lowest BCUT2D eigenvalue weighted by Gasteiger charge is -2.10. The van der Waals surface area contributed by atoms with Crippen molar-refractivity contribution < 1.29 is 19.0 Å². The number of nitrogens with zero attached hydrogens (tertiary/aromatic N) is 2. The minimum atomic E-state index is -1.41. The summed E-state index contributed by atoms with van der Waals surface area (Å²) in [5.41, 5.74) is 11.6. The first-order chi connectivity index (χ1) is 12.0. The van der Waals surface area contributed by atoms with E-state index in [1.807, 2.05) is 30.3 Å². The average molecular weight is 382 g/mol. The number of guanidine groups is 2. The van der Waals surface area contributed by atoms with Gasteiger partial charge in [-0.25, -0.2) is 14.2 Å². The third-order valence-corrected chi connectivity index (χ3v) is 2.88. The molecule has 0 aliphatic heterocycles. The van der Waals surface area contributed by atoms with Crippen LogP contribution < -0.4 is 21.5 Å². The second-order valence-corrected chi connectivity index (χ2v) is 4.76. The molecule has 0 fully saturated rings. The zero-order valence-electron chi connectivity index (χ0n) is 13.4. The minimum Gasteiger partial charge on any atom is -0.487 e. The quantitative estimate of drug-likeness (QED) is 0.476. The van der Waals surface area contributed by atoms with Crippen molar-refractivity contribution in [3.8, 4) is 5.75 Å². The summed E-state index contributed by atoms with van der Waals surface area (Å²) >= 11 is 0. The number of hydrogen-bond acceptors (Lipinski definition) is 3. The highest BCUT2D eigenvalue weighted by Crippen LogP contribution is 2.31. The second-order valence-electron chi connectivity index (χ2n) is 4.76. The molecule has 10 heteroatoms. The Morgan fingerprint density at radius 1 is 1.15 bits per heavy atom. The number of para-hydroxylation sites is 1. The van der Waals surface area contributed by atoms with Crippen LogP contribution >= 0.6 is 12.4 Å². The lowest BCUT2D eigenvalue weighted by Crippen LogP contribution is -2.37. The summed E-state index contributed by atoms with van der Waals surface area (Å²) in [6.07, 6.45) is -1.41. The number of nitrogens with one attached hydrogen (secondary N) is 1. The SMILES string of the molecule is Cl.NC(=Nc1c(F)cccc1OCc1ccccc1)N=C(N)NC(=O)O. The molecule has 0 radical (unpaired) electrons. The normalized spacial score (nSPS) is 11.4. The van der Waals surface area contributed by atoms with Crippen LogP contribution in [0.15, 0.2) is 58.5 Å². The molecule has 0 aliphatic rings. The van der Waals surface area contributed by atoms with Crippen LogP contribution in [0.4, 0.5) is 14.9 Å². The number of halogens is 2. The van der Waals surface area contributed by atoms with E-state index in [0.29, 0.717) is 0 Å². The second kappa shape index (κ2) is 9.84. The number of ether oxygens (including phenoxy) is 1. The van der Waals surface area contributed by atoms with Crippen LogP contribution in [0.2, 0.25) is 0 Å². The molecular formula is C16H17ClFN5O3. The van der Waals surface area contributed by atoms with Crippen LogP contribution in [0.5, 0.6) is 5.75 Å². The van der Waals surface area contributed by atoms with E-state index in [9.17, 15) is 9.18 Å². The van der Waals surface area contributed by atoms with Crippen LogP contribution in [-0.4, -0.2) is 23.1 Å². The van der Waals surface area contributed by atoms with E-state index in [4.69, 9.17) is 21.3 Å². The molecule has 0 heterocycles. The van der Waals surface area contributed by atoms with Crippen molar-refractivity contribution in [3.63, 3.8) is 0 Å². The van der Waals surface area contributed by atoms with E-state index < -0.39 is 23.8 Å². The number of benzene rings is 2. The van der Waals surface area contributed by atoms with Gasteiger partial charge in [0.15, 0.2) is 5.82 Å². The van der Waals surface area contributed by atoms with Crippen LogP contribution in [0.1, 0.15) is 5.56 Å². The smallest absolute Gasteiger partial charge is 0.411 e. The Labute approximate surface area is 154 Å². The molecule has 2 aromatic rings. The van der Waals surface area contributed by atoms with Gasteiger partial charge < -0.3 is 21.3 Å². The Morgan fingerprint density at radius 2 is 1.85 bits per heavy atom. The molecule has 2 aromatic carbocycles. The fourth-order valence-electron chi connectivity index (χ4n) is 1.86. The molecule has 0 unspecified atom stereocenters. The first kappa shape index (κ1) is 20.7. The minimum absolute atomic E-state index is 0. The number of aliphatic imine (C=N–C) groups is 2. The van der Waals surface area contributed by atoms with Gasteiger partial charge in [-0.05, 0) is 17.7 Å². The largest absolute Gasteiger partial charge is 0.487 e. The number of hydrogen-bond donors (Lipinski definition) is 4. The standard InChI is InChI=1S/C16H16FN5O3.ClH/c17-11-7-4-8-12(25-9-10-5-2-1-3-6-10)13(11)20-14(18)21-15(19)22-16(23)24;/h1-8H,9H2,(H,23,24)(H5,18,19,20,21,22);1H. The summed E-state index contributed by atoms with van der Waals surface area (Å²) in [5.74, 6) is -1.43. The Morgan fingerprint density at radius 3 is 2.50 bits per heavy atom. The van der Waals surface area contributed by atoms with Gasteiger partial charge in [0.25, 0.3) is 0 Å². The molecule has 6 N–H and O–H groups in total. The molecule has 0 saturated carbocycles. The van der Waals surface area contributed by atoms with Crippen molar-refractivity contribution in [1.82, 2.24) is 5.32 Å². The van der Waals surface area contributed by atoms with Crippen LogP contribution in [0.25, 0.3) is 0 Å². The number of amides is 1. The van der Waals surface area contributed by atoms with E-state index in [-0.39, 0.29) is 30.5 Å². The fraction of sp³-hybridized carbons (Fsp3) is 0.0625. The van der Waals surface area contributed by atoms with Crippen molar-refractivity contribution in [2.75, 3.05) is 0 Å². The maximum absolute atomic E-state index is 14.1. The van der Waals surface area contributed by atoms with E-state index >= 15 is 0 Å². The van der Waals surface area contributed by atoms with Gasteiger partial charge in [0, 0.05) is 0 Å². The highest BCUT2D eigenvalue weighted by molar-refractivity contribution is 6.00. The molecule has 138 valence electrons. The van der Waals surface area contributed by atoms with E-state index in [0.717, 1.165) is 5.56 Å². The van der Waals surface area contributed by atoms with E-state index in [2.05, 4.69) is 9.98 Å². The first-order valence-corrected chi connectivity index (χ1v) is 7.09. The molecule has 0 spiro atoms. The van der Waals surface area contributed by atoms with Gasteiger partial charge >= 0.3 is 6.09 Å². The third-order valence-electron chi connectivity index (χ3n) is 2.88. The number of carboxylic acid groups (broad SMARTS) is 1. The third kappa shape index (κ3) is 6.29. The van der Waals surface area contributed by atoms with Crippen LogP contribution in [-0.2, 0) is 6.61 Å². The maximum atomic E-state index is 14.1. The molecule has 0 saturated heterocycles. The number of nitrogens with two attached hydrogens (primary N) is 2. The molecule has 26 heavy (non-hydrogen) atoms. The zero-order chi connectivity index (χ0) is 18.2. The Balaban J connectivity index is 0.00000338. The Kier molecular flexibility index (Phi) is 7.84. The van der Waals surface area contributed by atoms with Crippen LogP contribution in [0.3, 0.4) is 0 Å². The van der Waals surface area contributed by atoms with Gasteiger partial charge in [0.1, 0.15) is 18.0 Å². The van der Waals surface area contributed by atoms with Gasteiger partial charge in [-0.1, -0.05) is 36.4 Å². The average Bonchev–Trinajstić information content (AvgIpc) is 2.55. The molecule has 0 bridgehead atoms. The maximum Gasteiger partial charge on any atom is 0.411 e. The predicted molar refractivity (Wildman–Crippen MR) is 98.5 cm³/mol. The molecule has 0 atom stereocenters. The summed E-state index contributed by atoms with van der Waals surface area (Å²) in [7, 11) is 0. The predicted octanol–water partition coefficient (Wildman–Crippen LogP) is 2.35. The van der Waals surface area contributed by atoms with Crippen molar-refractivity contribution in [3.05, 3.63) is 59.9 Å². The van der Waals surface area contributed by atoms with Gasteiger partial charge in [-0.15, -0.1) is 12.4 Å². The lowest BCUT2D eigenvalue weighted by molar-refractivity contribution is 0.200. The molecule has 0 aliphatic carbocycles. The van der Waals surface area contributed by atoms with E-state index in [1.165, 1.54) is 18.2 Å². The Hall–Kier alpha value is -3.33. The first-order valence-electron chi connectivity index (χ1n) is 7.09. The van der Waals surface area contributed by atoms with Crippen LogP contribution in [0, 0.1) is 5.82 Å². The fourth-order valence-corrected chi connectivity index (χ4v) is 1.86. The molecular weight excluding hydrogens is 365 g/mol. The summed E-state index contributed by atoms with van der Waals surface area (Å²) < 4.78 is 19.6. The Bertz CT molecular complexity index is 815. The topological polar surface area (TPSA) is 135 Å². The summed E-state index contributed by atoms with van der Waals surface area (Å²) in [5, 5.41) is 10.3. The van der Waals surface area contributed by atoms with Gasteiger partial charge in [0.2, 0.25) is 11.9 Å².